The number of hydrogen-bond donors (Lipinski definition) is 3. The van der Waals surface area contributed by atoms with Crippen molar-refractivity contribution in [2.24, 2.45) is 5.92 Å². The minimum absolute atomic E-state index is 0.0511. The number of allylic oxidation sites excluding steroid dienone is 1. The molecule has 0 fully saturated rings. The predicted octanol–water partition coefficient (Wildman–Crippen LogP) is -0.0713. The van der Waals surface area contributed by atoms with Crippen molar-refractivity contribution in [3.63, 3.8) is 0 Å². The van der Waals surface area contributed by atoms with Crippen molar-refractivity contribution < 1.29 is 18.8 Å². The second-order valence-corrected chi connectivity index (χ2v) is 3.60. The van der Waals surface area contributed by atoms with Gasteiger partial charge in [0.25, 0.3) is 0 Å². The Morgan fingerprint density at radius 3 is 3.05 bits per heavy atom. The number of hydrazine groups is 1. The monoisotopic (exact) mass is 283 g/mol. The van der Waals surface area contributed by atoms with Crippen LogP contribution in [0.3, 0.4) is 0 Å². The molecule has 0 aliphatic carbocycles. The molecule has 1 rings (SSSR count). The van der Waals surface area contributed by atoms with Crippen LogP contribution in [0.5, 0.6) is 0 Å². The number of rotatable bonds is 9. The van der Waals surface area contributed by atoms with Crippen LogP contribution >= 0.6 is 0 Å². The maximum absolute atomic E-state index is 13.2. The molecule has 1 heterocycles. The van der Waals surface area contributed by atoms with Crippen LogP contribution in [-0.2, 0) is 14.4 Å². The predicted molar refractivity (Wildman–Crippen MR) is 67.2 cm³/mol. The quantitative estimate of drug-likeness (QED) is 0.253. The minimum Gasteiger partial charge on any atom is -0.279 e. The fraction of sp³-hybridized carbons (Fsp3) is 0.273. The van der Waals surface area contributed by atoms with Crippen molar-refractivity contribution in [1.29, 1.82) is 0 Å². The van der Waals surface area contributed by atoms with Gasteiger partial charge in [-0.05, 0) is 6.42 Å². The average molecular weight is 283 g/mol. The van der Waals surface area contributed by atoms with E-state index < -0.39 is 17.6 Å². The number of carbonyl (C=O) groups excluding carboxylic acids is 2. The number of nitrogens with one attached hydrogen (secondary N) is 3. The third-order valence-electron chi connectivity index (χ3n) is 2.21. The maximum atomic E-state index is 13.2. The van der Waals surface area contributed by atoms with E-state index in [1.165, 1.54) is 6.08 Å². The van der Waals surface area contributed by atoms with Gasteiger partial charge in [0, 0.05) is 0 Å². The number of amides is 2. The number of hydroxylamine groups is 1. The van der Waals surface area contributed by atoms with Gasteiger partial charge in [-0.3, -0.25) is 25.3 Å². The Morgan fingerprint density at radius 1 is 1.60 bits per heavy atom. The first-order valence-electron chi connectivity index (χ1n) is 5.62. The summed E-state index contributed by atoms with van der Waals surface area (Å²) in [5.74, 6) is -1.92. The van der Waals surface area contributed by atoms with Crippen molar-refractivity contribution in [3.8, 4) is 0 Å². The van der Waals surface area contributed by atoms with Crippen LogP contribution in [0.2, 0.25) is 0 Å². The molecule has 0 radical (unpaired) electrons. The summed E-state index contributed by atoms with van der Waals surface area (Å²) in [5, 5.41) is 0. The second-order valence-electron chi connectivity index (χ2n) is 3.60. The Bertz CT molecular complexity index is 471. The van der Waals surface area contributed by atoms with Crippen LogP contribution < -0.4 is 16.3 Å². The third-order valence-corrected chi connectivity index (χ3v) is 2.21. The smallest absolute Gasteiger partial charge is 0.244 e. The minimum atomic E-state index is -0.702. The molecular weight excluding hydrogens is 269 g/mol. The van der Waals surface area contributed by atoms with Crippen molar-refractivity contribution in [1.82, 2.24) is 20.9 Å². The molecule has 20 heavy (non-hydrogen) atoms. The Kier molecular flexibility index (Phi) is 6.62. The van der Waals surface area contributed by atoms with E-state index in [9.17, 15) is 14.0 Å². The van der Waals surface area contributed by atoms with E-state index in [1.807, 2.05) is 5.48 Å². The molecule has 0 aliphatic rings. The highest BCUT2D eigenvalue weighted by Gasteiger charge is 2.18. The van der Waals surface area contributed by atoms with Crippen LogP contribution in [0.25, 0.3) is 0 Å². The third kappa shape index (κ3) is 4.98. The fourth-order valence-corrected chi connectivity index (χ4v) is 1.26. The van der Waals surface area contributed by atoms with Gasteiger partial charge in [-0.2, -0.15) is 0 Å². The van der Waals surface area contributed by atoms with Gasteiger partial charge in [0.2, 0.25) is 12.3 Å². The Morgan fingerprint density at radius 2 is 2.40 bits per heavy atom. The number of hydrogen-bond acceptors (Lipinski definition) is 6. The summed E-state index contributed by atoms with van der Waals surface area (Å²) >= 11 is 0. The fourth-order valence-electron chi connectivity index (χ4n) is 1.26. The summed E-state index contributed by atoms with van der Waals surface area (Å²) in [4.78, 5) is 33.7. The lowest BCUT2D eigenvalue weighted by molar-refractivity contribution is -0.131. The number of nitrogens with zero attached hydrogens (tertiary/aromatic N) is 2. The molecular formula is C11H14FN5O3. The van der Waals surface area contributed by atoms with Gasteiger partial charge in [0.15, 0.2) is 11.6 Å². The first-order valence-corrected chi connectivity index (χ1v) is 5.62. The van der Waals surface area contributed by atoms with E-state index in [4.69, 9.17) is 4.84 Å². The Labute approximate surface area is 114 Å². The lowest BCUT2D eigenvalue weighted by Gasteiger charge is -2.15. The molecule has 1 unspecified atom stereocenters. The molecule has 108 valence electrons. The lowest BCUT2D eigenvalue weighted by atomic mass is 10.1. The van der Waals surface area contributed by atoms with Crippen molar-refractivity contribution in [2.75, 3.05) is 12.0 Å². The second kappa shape index (κ2) is 8.53. The van der Waals surface area contributed by atoms with Gasteiger partial charge in [-0.25, -0.2) is 19.8 Å². The number of aromatic nitrogens is 2. The Balaban J connectivity index is 2.51. The van der Waals surface area contributed by atoms with Gasteiger partial charge in [0.05, 0.1) is 18.7 Å². The molecule has 0 saturated heterocycles. The SMILES string of the molecule is C=CCC(CONC=O)C(=O)NNc1ncncc1F. The van der Waals surface area contributed by atoms with Crippen molar-refractivity contribution in [3.05, 3.63) is 31.0 Å². The van der Waals surface area contributed by atoms with Gasteiger partial charge in [-0.1, -0.05) is 6.08 Å². The number of halogens is 1. The average Bonchev–Trinajstić information content (AvgIpc) is 2.45. The molecule has 9 heteroatoms. The van der Waals surface area contributed by atoms with Crippen molar-refractivity contribution in [2.45, 2.75) is 6.42 Å². The molecule has 0 spiro atoms. The van der Waals surface area contributed by atoms with Crippen LogP contribution in [0.1, 0.15) is 6.42 Å². The summed E-state index contributed by atoms with van der Waals surface area (Å²) in [5.41, 5.74) is 6.60. The first-order chi connectivity index (χ1) is 9.69. The number of anilines is 1. The van der Waals surface area contributed by atoms with E-state index in [0.29, 0.717) is 12.8 Å². The summed E-state index contributed by atoms with van der Waals surface area (Å²) in [6.45, 7) is 3.47. The number of carbonyl (C=O) groups is 2. The van der Waals surface area contributed by atoms with Gasteiger partial charge in [0.1, 0.15) is 6.33 Å². The van der Waals surface area contributed by atoms with Crippen LogP contribution in [-0.4, -0.2) is 28.9 Å². The highest BCUT2D eigenvalue weighted by atomic mass is 19.1. The van der Waals surface area contributed by atoms with Gasteiger partial charge in [-0.15, -0.1) is 6.58 Å². The molecule has 3 N–H and O–H groups in total. The molecule has 1 atom stereocenters. The van der Waals surface area contributed by atoms with Crippen molar-refractivity contribution >= 4 is 18.1 Å². The molecule has 0 aliphatic heterocycles. The van der Waals surface area contributed by atoms with Crippen LogP contribution in [0, 0.1) is 11.7 Å². The maximum Gasteiger partial charge on any atom is 0.244 e. The molecule has 1 aromatic rings. The molecule has 1 aromatic heterocycles. The van der Waals surface area contributed by atoms with E-state index in [-0.39, 0.29) is 12.4 Å². The molecule has 0 saturated carbocycles. The molecule has 0 aromatic carbocycles. The lowest BCUT2D eigenvalue weighted by Crippen LogP contribution is -2.38. The summed E-state index contributed by atoms with van der Waals surface area (Å²) in [6.07, 6.45) is 4.28. The zero-order chi connectivity index (χ0) is 14.8. The van der Waals surface area contributed by atoms with Gasteiger partial charge >= 0.3 is 0 Å². The highest BCUT2D eigenvalue weighted by molar-refractivity contribution is 5.80. The standard InChI is InChI=1S/C11H14FN5O3/c1-2-3-8(5-20-15-7-18)11(19)17-16-10-9(12)4-13-6-14-10/h2,4,6-8H,1,3,5H2,(H,15,18)(H,17,19)(H,13,14,16). The van der Waals surface area contributed by atoms with Gasteiger partial charge < -0.3 is 0 Å². The first kappa shape index (κ1) is 15.5. The van der Waals surface area contributed by atoms with E-state index in [1.54, 1.807) is 0 Å². The van der Waals surface area contributed by atoms with E-state index in [0.717, 1.165) is 12.5 Å². The van der Waals surface area contributed by atoms with E-state index >= 15 is 0 Å². The zero-order valence-corrected chi connectivity index (χ0v) is 10.5. The summed E-state index contributed by atoms with van der Waals surface area (Å²) in [6, 6.07) is 0. The normalized spacial score (nSPS) is 11.2. The highest BCUT2D eigenvalue weighted by Crippen LogP contribution is 2.07. The summed E-state index contributed by atoms with van der Waals surface area (Å²) in [7, 11) is 0. The largest absolute Gasteiger partial charge is 0.279 e. The summed E-state index contributed by atoms with van der Waals surface area (Å²) < 4.78 is 13.2. The zero-order valence-electron chi connectivity index (χ0n) is 10.5. The molecule has 8 nitrogen and oxygen atoms in total. The Hall–Kier alpha value is -2.55. The van der Waals surface area contributed by atoms with Crippen LogP contribution in [0.15, 0.2) is 25.2 Å². The molecule has 2 amide bonds. The van der Waals surface area contributed by atoms with Crippen LogP contribution in [0.4, 0.5) is 10.2 Å². The van der Waals surface area contributed by atoms with E-state index in [2.05, 4.69) is 27.4 Å². The molecule has 0 bridgehead atoms. The topological polar surface area (TPSA) is 105 Å².